The summed E-state index contributed by atoms with van der Waals surface area (Å²) in [4.78, 5) is 0. The van der Waals surface area contributed by atoms with Crippen LogP contribution in [0.25, 0.3) is 0 Å². The lowest BCUT2D eigenvalue weighted by Crippen LogP contribution is -2.08. The minimum atomic E-state index is 0.214. The minimum absolute atomic E-state index is 0.214. The van der Waals surface area contributed by atoms with Crippen LogP contribution in [0.4, 0.5) is 0 Å². The SMILES string of the molecule is Oc1cccc(OCCn2cccn2)c1. The molecular formula is C11H12N2O2. The van der Waals surface area contributed by atoms with Crippen LogP contribution in [0.1, 0.15) is 0 Å². The van der Waals surface area contributed by atoms with E-state index in [9.17, 15) is 5.11 Å². The molecule has 1 heterocycles. The van der Waals surface area contributed by atoms with Crippen molar-refractivity contribution in [1.82, 2.24) is 9.78 Å². The van der Waals surface area contributed by atoms with Gasteiger partial charge in [-0.15, -0.1) is 0 Å². The monoisotopic (exact) mass is 204 g/mol. The average Bonchev–Trinajstić information content (AvgIpc) is 2.71. The molecule has 2 rings (SSSR count). The number of aromatic hydroxyl groups is 1. The van der Waals surface area contributed by atoms with Crippen molar-refractivity contribution in [3.8, 4) is 11.5 Å². The largest absolute Gasteiger partial charge is 0.508 e. The van der Waals surface area contributed by atoms with Gasteiger partial charge in [0.1, 0.15) is 18.1 Å². The van der Waals surface area contributed by atoms with Crippen LogP contribution in [0.3, 0.4) is 0 Å². The lowest BCUT2D eigenvalue weighted by molar-refractivity contribution is 0.290. The van der Waals surface area contributed by atoms with Gasteiger partial charge in [-0.3, -0.25) is 4.68 Å². The van der Waals surface area contributed by atoms with E-state index in [-0.39, 0.29) is 5.75 Å². The van der Waals surface area contributed by atoms with Crippen LogP contribution in [0.5, 0.6) is 11.5 Å². The highest BCUT2D eigenvalue weighted by Crippen LogP contribution is 2.17. The smallest absolute Gasteiger partial charge is 0.123 e. The number of hydrogen-bond acceptors (Lipinski definition) is 3. The number of phenols is 1. The maximum absolute atomic E-state index is 9.20. The predicted molar refractivity (Wildman–Crippen MR) is 55.8 cm³/mol. The van der Waals surface area contributed by atoms with Gasteiger partial charge in [-0.1, -0.05) is 6.07 Å². The molecule has 0 saturated carbocycles. The van der Waals surface area contributed by atoms with E-state index in [4.69, 9.17) is 4.74 Å². The Hall–Kier alpha value is -1.97. The summed E-state index contributed by atoms with van der Waals surface area (Å²) >= 11 is 0. The molecule has 0 amide bonds. The third-order valence-electron chi connectivity index (χ3n) is 1.97. The zero-order valence-corrected chi connectivity index (χ0v) is 8.21. The summed E-state index contributed by atoms with van der Waals surface area (Å²) in [6.45, 7) is 1.23. The number of aromatic nitrogens is 2. The molecule has 1 N–H and O–H groups in total. The Kier molecular flexibility index (Phi) is 2.88. The van der Waals surface area contributed by atoms with E-state index in [1.54, 1.807) is 29.1 Å². The standard InChI is InChI=1S/C11H12N2O2/c14-10-3-1-4-11(9-10)15-8-7-13-6-2-5-12-13/h1-6,9,14H,7-8H2. The number of ether oxygens (including phenoxy) is 1. The number of phenolic OH excluding ortho intramolecular Hbond substituents is 1. The number of rotatable bonds is 4. The molecule has 78 valence electrons. The molecule has 2 aromatic rings. The first-order chi connectivity index (χ1) is 7.34. The van der Waals surface area contributed by atoms with Gasteiger partial charge in [0.15, 0.2) is 0 Å². The van der Waals surface area contributed by atoms with E-state index >= 15 is 0 Å². The summed E-state index contributed by atoms with van der Waals surface area (Å²) in [5.74, 6) is 0.883. The van der Waals surface area contributed by atoms with Gasteiger partial charge in [-0.05, 0) is 18.2 Å². The fraction of sp³-hybridized carbons (Fsp3) is 0.182. The lowest BCUT2D eigenvalue weighted by Gasteiger charge is -2.06. The Morgan fingerprint density at radius 1 is 1.33 bits per heavy atom. The first kappa shape index (κ1) is 9.58. The highest BCUT2D eigenvalue weighted by atomic mass is 16.5. The Morgan fingerprint density at radius 2 is 2.27 bits per heavy atom. The van der Waals surface area contributed by atoms with Crippen LogP contribution in [0.15, 0.2) is 42.7 Å². The van der Waals surface area contributed by atoms with Gasteiger partial charge in [0.25, 0.3) is 0 Å². The number of nitrogens with zero attached hydrogens (tertiary/aromatic N) is 2. The van der Waals surface area contributed by atoms with Crippen molar-refractivity contribution in [2.75, 3.05) is 6.61 Å². The molecule has 0 aliphatic rings. The van der Waals surface area contributed by atoms with Crippen molar-refractivity contribution in [2.45, 2.75) is 6.54 Å². The zero-order chi connectivity index (χ0) is 10.5. The molecule has 0 unspecified atom stereocenters. The van der Waals surface area contributed by atoms with Crippen molar-refractivity contribution in [3.05, 3.63) is 42.7 Å². The first-order valence-electron chi connectivity index (χ1n) is 4.74. The van der Waals surface area contributed by atoms with Gasteiger partial charge in [0, 0.05) is 18.5 Å². The van der Waals surface area contributed by atoms with Crippen LogP contribution >= 0.6 is 0 Å². The molecule has 1 aromatic heterocycles. The van der Waals surface area contributed by atoms with Crippen LogP contribution in [0, 0.1) is 0 Å². The van der Waals surface area contributed by atoms with Crippen LogP contribution in [-0.2, 0) is 6.54 Å². The Bertz CT molecular complexity index is 412. The molecule has 0 fully saturated rings. The fourth-order valence-corrected chi connectivity index (χ4v) is 1.26. The van der Waals surface area contributed by atoms with Crippen molar-refractivity contribution in [2.24, 2.45) is 0 Å². The molecule has 0 atom stereocenters. The Morgan fingerprint density at radius 3 is 3.00 bits per heavy atom. The van der Waals surface area contributed by atoms with Gasteiger partial charge >= 0.3 is 0 Å². The molecule has 1 aromatic carbocycles. The van der Waals surface area contributed by atoms with Crippen LogP contribution in [-0.4, -0.2) is 21.5 Å². The molecule has 4 heteroatoms. The number of hydrogen-bond donors (Lipinski definition) is 1. The van der Waals surface area contributed by atoms with Gasteiger partial charge in [-0.2, -0.15) is 5.10 Å². The van der Waals surface area contributed by atoms with E-state index in [0.29, 0.717) is 18.9 Å². The normalized spacial score (nSPS) is 10.1. The van der Waals surface area contributed by atoms with Gasteiger partial charge in [-0.25, -0.2) is 0 Å². The first-order valence-corrected chi connectivity index (χ1v) is 4.74. The van der Waals surface area contributed by atoms with Crippen molar-refractivity contribution in [1.29, 1.82) is 0 Å². The summed E-state index contributed by atoms with van der Waals surface area (Å²) < 4.78 is 7.23. The molecular weight excluding hydrogens is 192 g/mol. The molecule has 0 saturated heterocycles. The minimum Gasteiger partial charge on any atom is -0.508 e. The predicted octanol–water partition coefficient (Wildman–Crippen LogP) is 1.67. The number of benzene rings is 1. The third-order valence-corrected chi connectivity index (χ3v) is 1.97. The van der Waals surface area contributed by atoms with Gasteiger partial charge in [0.05, 0.1) is 6.54 Å². The maximum Gasteiger partial charge on any atom is 0.123 e. The van der Waals surface area contributed by atoms with Crippen LogP contribution in [0.2, 0.25) is 0 Å². The van der Waals surface area contributed by atoms with E-state index < -0.39 is 0 Å². The van der Waals surface area contributed by atoms with Crippen molar-refractivity contribution < 1.29 is 9.84 Å². The summed E-state index contributed by atoms with van der Waals surface area (Å²) in [5, 5.41) is 13.3. The summed E-state index contributed by atoms with van der Waals surface area (Å²) in [6.07, 6.45) is 3.61. The third kappa shape index (κ3) is 2.74. The van der Waals surface area contributed by atoms with Crippen LogP contribution < -0.4 is 4.74 Å². The zero-order valence-electron chi connectivity index (χ0n) is 8.21. The van der Waals surface area contributed by atoms with E-state index in [1.165, 1.54) is 0 Å². The highest BCUT2D eigenvalue weighted by Gasteiger charge is 1.95. The quantitative estimate of drug-likeness (QED) is 0.824. The second-order valence-electron chi connectivity index (χ2n) is 3.11. The summed E-state index contributed by atoms with van der Waals surface area (Å²) in [6, 6.07) is 8.62. The van der Waals surface area contributed by atoms with Gasteiger partial charge < -0.3 is 9.84 Å². The average molecular weight is 204 g/mol. The van der Waals surface area contributed by atoms with Crippen molar-refractivity contribution in [3.63, 3.8) is 0 Å². The topological polar surface area (TPSA) is 47.3 Å². The second kappa shape index (κ2) is 4.50. The maximum atomic E-state index is 9.20. The molecule has 0 radical (unpaired) electrons. The lowest BCUT2D eigenvalue weighted by atomic mass is 10.3. The highest BCUT2D eigenvalue weighted by molar-refractivity contribution is 5.31. The molecule has 4 nitrogen and oxygen atoms in total. The molecule has 0 aliphatic carbocycles. The molecule has 0 bridgehead atoms. The fourth-order valence-electron chi connectivity index (χ4n) is 1.26. The second-order valence-corrected chi connectivity index (χ2v) is 3.11. The van der Waals surface area contributed by atoms with Gasteiger partial charge in [0.2, 0.25) is 0 Å². The Balaban J connectivity index is 1.83. The summed E-state index contributed by atoms with van der Waals surface area (Å²) in [7, 11) is 0. The molecule has 15 heavy (non-hydrogen) atoms. The van der Waals surface area contributed by atoms with Crippen molar-refractivity contribution >= 4 is 0 Å². The molecule has 0 spiro atoms. The Labute approximate surface area is 87.7 Å². The van der Waals surface area contributed by atoms with E-state index in [0.717, 1.165) is 0 Å². The summed E-state index contributed by atoms with van der Waals surface area (Å²) in [5.41, 5.74) is 0. The van der Waals surface area contributed by atoms with E-state index in [1.807, 2.05) is 18.3 Å². The molecule has 0 aliphatic heterocycles. The van der Waals surface area contributed by atoms with E-state index in [2.05, 4.69) is 5.10 Å².